The van der Waals surface area contributed by atoms with Gasteiger partial charge in [0, 0.05) is 12.5 Å². The van der Waals surface area contributed by atoms with Gasteiger partial charge in [-0.1, -0.05) is 12.1 Å². The monoisotopic (exact) mass is 203 g/mol. The average Bonchev–Trinajstić information content (AvgIpc) is 3.04. The molecule has 0 bridgehead atoms. The number of nitriles is 1. The van der Waals surface area contributed by atoms with Gasteiger partial charge in [0.05, 0.1) is 18.6 Å². The lowest BCUT2D eigenvalue weighted by molar-refractivity contribution is 0.269. The summed E-state index contributed by atoms with van der Waals surface area (Å²) in [6.45, 7) is 0.0829. The van der Waals surface area contributed by atoms with Crippen molar-refractivity contribution in [1.82, 2.24) is 0 Å². The van der Waals surface area contributed by atoms with Crippen LogP contribution in [0.4, 0.5) is 0 Å². The molecule has 2 atom stereocenters. The van der Waals surface area contributed by atoms with Crippen LogP contribution in [0.25, 0.3) is 0 Å². The fraction of sp³-hybridized carbons (Fsp3) is 0.417. The first kappa shape index (κ1) is 10.0. The fourth-order valence-electron chi connectivity index (χ4n) is 1.99. The number of rotatable bonds is 3. The van der Waals surface area contributed by atoms with Gasteiger partial charge >= 0.3 is 0 Å². The Bertz CT molecular complexity index is 393. The zero-order chi connectivity index (χ0) is 10.9. The van der Waals surface area contributed by atoms with Gasteiger partial charge in [0.25, 0.3) is 0 Å². The van der Waals surface area contributed by atoms with E-state index in [0.717, 1.165) is 17.7 Å². The highest BCUT2D eigenvalue weighted by Crippen LogP contribution is 2.53. The number of benzene rings is 1. The van der Waals surface area contributed by atoms with Crippen molar-refractivity contribution >= 4 is 0 Å². The molecule has 1 N–H and O–H groups in total. The number of hydrogen-bond donors (Lipinski definition) is 1. The molecule has 1 aromatic carbocycles. The van der Waals surface area contributed by atoms with Crippen LogP contribution in [0.3, 0.4) is 0 Å². The number of methoxy groups -OCH3 is 1. The van der Waals surface area contributed by atoms with Crippen molar-refractivity contribution in [3.8, 4) is 11.8 Å². The molecular weight excluding hydrogens is 190 g/mol. The van der Waals surface area contributed by atoms with E-state index in [2.05, 4.69) is 6.07 Å². The van der Waals surface area contributed by atoms with Crippen LogP contribution in [0, 0.1) is 17.2 Å². The number of aliphatic hydroxyl groups is 1. The first-order valence-corrected chi connectivity index (χ1v) is 4.93. The lowest BCUT2D eigenvalue weighted by atomic mass is 9.95. The van der Waals surface area contributed by atoms with E-state index in [1.165, 1.54) is 0 Å². The molecule has 3 nitrogen and oxygen atoms in total. The van der Waals surface area contributed by atoms with Gasteiger partial charge in [-0.05, 0) is 24.1 Å². The Labute approximate surface area is 88.9 Å². The molecule has 1 aromatic rings. The van der Waals surface area contributed by atoms with Crippen LogP contribution in [0.1, 0.15) is 12.0 Å². The first-order chi connectivity index (χ1) is 7.26. The van der Waals surface area contributed by atoms with Crippen molar-refractivity contribution in [2.75, 3.05) is 13.7 Å². The highest BCUT2D eigenvalue weighted by atomic mass is 16.5. The van der Waals surface area contributed by atoms with Crippen LogP contribution in [-0.2, 0) is 5.41 Å². The second kappa shape index (κ2) is 3.56. The van der Waals surface area contributed by atoms with Crippen molar-refractivity contribution < 1.29 is 9.84 Å². The van der Waals surface area contributed by atoms with E-state index in [-0.39, 0.29) is 12.5 Å². The summed E-state index contributed by atoms with van der Waals surface area (Å²) in [6.07, 6.45) is 0.756. The quantitative estimate of drug-likeness (QED) is 0.809. The molecule has 0 amide bonds. The van der Waals surface area contributed by atoms with Crippen LogP contribution < -0.4 is 4.74 Å². The summed E-state index contributed by atoms with van der Waals surface area (Å²) < 4.78 is 5.06. The van der Waals surface area contributed by atoms with E-state index < -0.39 is 5.41 Å². The Hall–Kier alpha value is -1.53. The van der Waals surface area contributed by atoms with Crippen molar-refractivity contribution in [3.63, 3.8) is 0 Å². The number of ether oxygens (including phenoxy) is 1. The van der Waals surface area contributed by atoms with Gasteiger partial charge in [-0.15, -0.1) is 0 Å². The van der Waals surface area contributed by atoms with Crippen LogP contribution in [0.2, 0.25) is 0 Å². The lowest BCUT2D eigenvalue weighted by Crippen LogP contribution is -2.08. The first-order valence-electron chi connectivity index (χ1n) is 4.93. The van der Waals surface area contributed by atoms with Crippen molar-refractivity contribution in [2.24, 2.45) is 5.92 Å². The predicted octanol–water partition coefficient (Wildman–Crippen LogP) is 1.47. The van der Waals surface area contributed by atoms with Crippen LogP contribution >= 0.6 is 0 Å². The summed E-state index contributed by atoms with van der Waals surface area (Å²) >= 11 is 0. The van der Waals surface area contributed by atoms with Crippen LogP contribution in [-0.4, -0.2) is 18.8 Å². The molecule has 0 aliphatic heterocycles. The van der Waals surface area contributed by atoms with Gasteiger partial charge in [-0.3, -0.25) is 0 Å². The molecule has 1 aliphatic carbocycles. The molecular formula is C12H13NO2. The van der Waals surface area contributed by atoms with E-state index in [0.29, 0.717) is 0 Å². The average molecular weight is 203 g/mol. The second-order valence-corrected chi connectivity index (χ2v) is 3.90. The SMILES string of the molecule is COc1ccc([C@@]2(C#N)C[C@@H]2CO)cc1. The molecule has 3 heteroatoms. The molecule has 78 valence electrons. The minimum absolute atomic E-state index is 0.0829. The summed E-state index contributed by atoms with van der Waals surface area (Å²) in [6, 6.07) is 9.80. The summed E-state index contributed by atoms with van der Waals surface area (Å²) in [5.74, 6) is 0.879. The van der Waals surface area contributed by atoms with E-state index >= 15 is 0 Å². The topological polar surface area (TPSA) is 53.2 Å². The van der Waals surface area contributed by atoms with Gasteiger partial charge < -0.3 is 9.84 Å². The Morgan fingerprint density at radius 2 is 2.20 bits per heavy atom. The van der Waals surface area contributed by atoms with E-state index in [1.807, 2.05) is 24.3 Å². The maximum absolute atomic E-state index is 9.15. The maximum Gasteiger partial charge on any atom is 0.118 e. The zero-order valence-corrected chi connectivity index (χ0v) is 8.60. The largest absolute Gasteiger partial charge is 0.497 e. The zero-order valence-electron chi connectivity index (χ0n) is 8.60. The van der Waals surface area contributed by atoms with Crippen LogP contribution in [0.15, 0.2) is 24.3 Å². The Morgan fingerprint density at radius 3 is 2.60 bits per heavy atom. The molecule has 0 radical (unpaired) electrons. The Kier molecular flexibility index (Phi) is 2.37. The van der Waals surface area contributed by atoms with Gasteiger partial charge in [0.1, 0.15) is 5.75 Å². The third kappa shape index (κ3) is 1.47. The molecule has 0 heterocycles. The third-order valence-electron chi connectivity index (χ3n) is 3.13. The second-order valence-electron chi connectivity index (χ2n) is 3.90. The minimum Gasteiger partial charge on any atom is -0.497 e. The number of hydrogen-bond acceptors (Lipinski definition) is 3. The molecule has 0 saturated heterocycles. The van der Waals surface area contributed by atoms with E-state index in [1.54, 1.807) is 7.11 Å². The lowest BCUT2D eigenvalue weighted by Gasteiger charge is -2.08. The highest BCUT2D eigenvalue weighted by Gasteiger charge is 2.55. The third-order valence-corrected chi connectivity index (χ3v) is 3.13. The summed E-state index contributed by atoms with van der Waals surface area (Å²) in [7, 11) is 1.61. The standard InChI is InChI=1S/C12H13NO2/c1-15-11-4-2-9(3-5-11)12(8-13)6-10(12)7-14/h2-5,10,14H,6-7H2,1H3/t10-,12+/m1/s1. The van der Waals surface area contributed by atoms with Gasteiger partial charge in [0.15, 0.2) is 0 Å². The molecule has 15 heavy (non-hydrogen) atoms. The number of aliphatic hydroxyl groups excluding tert-OH is 1. The predicted molar refractivity (Wildman–Crippen MR) is 55.5 cm³/mol. The summed E-state index contributed by atoms with van der Waals surface area (Å²) in [4.78, 5) is 0. The molecule has 0 aromatic heterocycles. The van der Waals surface area contributed by atoms with E-state index in [4.69, 9.17) is 15.1 Å². The fourth-order valence-corrected chi connectivity index (χ4v) is 1.99. The maximum atomic E-state index is 9.15. The number of nitrogens with zero attached hydrogens (tertiary/aromatic N) is 1. The summed E-state index contributed by atoms with van der Waals surface area (Å²) in [5, 5.41) is 18.2. The van der Waals surface area contributed by atoms with Gasteiger partial charge in [-0.25, -0.2) is 0 Å². The Morgan fingerprint density at radius 1 is 1.53 bits per heavy atom. The van der Waals surface area contributed by atoms with Crippen molar-refractivity contribution in [1.29, 1.82) is 5.26 Å². The Balaban J connectivity index is 2.27. The van der Waals surface area contributed by atoms with Gasteiger partial charge in [0.2, 0.25) is 0 Å². The van der Waals surface area contributed by atoms with Gasteiger partial charge in [-0.2, -0.15) is 5.26 Å². The molecule has 1 saturated carbocycles. The smallest absolute Gasteiger partial charge is 0.118 e. The van der Waals surface area contributed by atoms with Crippen LogP contribution in [0.5, 0.6) is 5.75 Å². The highest BCUT2D eigenvalue weighted by molar-refractivity contribution is 5.43. The molecule has 1 aliphatic rings. The summed E-state index contributed by atoms with van der Waals surface area (Å²) in [5.41, 5.74) is 0.519. The van der Waals surface area contributed by atoms with Crippen molar-refractivity contribution in [2.45, 2.75) is 11.8 Å². The van der Waals surface area contributed by atoms with Crippen molar-refractivity contribution in [3.05, 3.63) is 29.8 Å². The molecule has 0 unspecified atom stereocenters. The normalized spacial score (nSPS) is 28.2. The molecule has 1 fully saturated rings. The molecule has 2 rings (SSSR count). The minimum atomic E-state index is -0.457. The molecule has 0 spiro atoms. The van der Waals surface area contributed by atoms with E-state index in [9.17, 15) is 0 Å².